The van der Waals surface area contributed by atoms with Crippen LogP contribution in [-0.4, -0.2) is 53.9 Å². The van der Waals surface area contributed by atoms with Gasteiger partial charge < -0.3 is 19.7 Å². The van der Waals surface area contributed by atoms with Gasteiger partial charge in [0.1, 0.15) is 6.10 Å². The van der Waals surface area contributed by atoms with Crippen molar-refractivity contribution >= 4 is 17.7 Å². The molecule has 0 spiro atoms. The van der Waals surface area contributed by atoms with Gasteiger partial charge >= 0.3 is 11.9 Å². The lowest BCUT2D eigenvalue weighted by Gasteiger charge is -2.13. The fraction of sp³-hybridized carbons (Fsp3) is 0.591. The molecule has 0 aliphatic heterocycles. The Labute approximate surface area is 171 Å². The molecule has 0 aromatic carbocycles. The van der Waals surface area contributed by atoms with Gasteiger partial charge in [-0.2, -0.15) is 0 Å². The average molecular weight is 406 g/mol. The Kier molecular flexibility index (Phi) is 7.19. The summed E-state index contributed by atoms with van der Waals surface area (Å²) in [6.07, 6.45) is 3.68. The van der Waals surface area contributed by atoms with Crippen molar-refractivity contribution in [2.75, 3.05) is 13.7 Å². The molecule has 0 bridgehead atoms. The van der Waals surface area contributed by atoms with Gasteiger partial charge in [0.25, 0.3) is 0 Å². The van der Waals surface area contributed by atoms with Gasteiger partial charge in [-0.15, -0.1) is 0 Å². The maximum Gasteiger partial charge on any atom is 0.333 e. The minimum Gasteiger partial charge on any atom is -0.466 e. The molecule has 1 fully saturated rings. The summed E-state index contributed by atoms with van der Waals surface area (Å²) < 4.78 is 10.4. The lowest BCUT2D eigenvalue weighted by molar-refractivity contribution is -0.150. The van der Waals surface area contributed by atoms with Gasteiger partial charge in [0.2, 0.25) is 0 Å². The van der Waals surface area contributed by atoms with E-state index in [9.17, 15) is 19.5 Å². The van der Waals surface area contributed by atoms with Gasteiger partial charge in [-0.25, -0.2) is 4.79 Å². The molecule has 4 atom stereocenters. The smallest absolute Gasteiger partial charge is 0.333 e. The molecule has 29 heavy (non-hydrogen) atoms. The highest BCUT2D eigenvalue weighted by molar-refractivity contribution is 6.00. The number of aliphatic hydroxyl groups excluding tert-OH is 2. The number of carbonyl (C=O) groups excluding carboxylic acids is 3. The van der Waals surface area contributed by atoms with E-state index in [0.29, 0.717) is 23.1 Å². The van der Waals surface area contributed by atoms with Gasteiger partial charge in [-0.05, 0) is 37.2 Å². The van der Waals surface area contributed by atoms with Crippen molar-refractivity contribution in [3.63, 3.8) is 0 Å². The number of aliphatic hydroxyl groups is 2. The van der Waals surface area contributed by atoms with Crippen LogP contribution < -0.4 is 0 Å². The number of methoxy groups -OCH3 is 1. The Bertz CT molecular complexity index is 772. The number of hydrogen-bond acceptors (Lipinski definition) is 7. The normalized spacial score (nSPS) is 27.3. The Morgan fingerprint density at radius 3 is 2.59 bits per heavy atom. The standard InChI is InChI=1S/C22H30O7/c1-12(20(26)28-5)9-16-19(22(16,3)4)21(27)29-18-10-17(25)15(13(18)2)8-6-7-14(24)11-23/h6-7,9,14,16,18-19,23-24H,8,10-11H2,1-5H3/b7-6+,12-9-/t14-,16-,18+,19+/m1/s1. The van der Waals surface area contributed by atoms with Crippen molar-refractivity contribution in [2.24, 2.45) is 17.3 Å². The fourth-order valence-corrected chi connectivity index (χ4v) is 3.82. The monoisotopic (exact) mass is 406 g/mol. The number of Topliss-reactive ketones (excluding diaryl/α,β-unsaturated/α-hetero) is 1. The SMILES string of the molecule is COC(=O)/C(C)=C\[C@@H]1[C@@H](C(=O)O[C@H]2CC(=O)C(C/C=C/[C@@H](O)CO)=C2C)C1(C)C. The van der Waals surface area contributed by atoms with Crippen molar-refractivity contribution in [3.05, 3.63) is 34.9 Å². The zero-order chi connectivity index (χ0) is 21.9. The molecule has 0 heterocycles. The highest BCUT2D eigenvalue weighted by atomic mass is 16.5. The highest BCUT2D eigenvalue weighted by Crippen LogP contribution is 2.60. The Hall–Kier alpha value is -2.25. The van der Waals surface area contributed by atoms with E-state index < -0.39 is 18.2 Å². The predicted octanol–water partition coefficient (Wildman–Crippen LogP) is 1.88. The quantitative estimate of drug-likeness (QED) is 0.360. The topological polar surface area (TPSA) is 110 Å². The molecule has 7 heteroatoms. The summed E-state index contributed by atoms with van der Waals surface area (Å²) in [5.41, 5.74) is 1.39. The molecule has 0 amide bonds. The Morgan fingerprint density at radius 1 is 1.34 bits per heavy atom. The summed E-state index contributed by atoms with van der Waals surface area (Å²) in [4.78, 5) is 36.6. The summed E-state index contributed by atoms with van der Waals surface area (Å²) in [5, 5.41) is 18.2. The van der Waals surface area contributed by atoms with Crippen LogP contribution in [0.3, 0.4) is 0 Å². The van der Waals surface area contributed by atoms with E-state index in [4.69, 9.17) is 14.6 Å². The average Bonchev–Trinajstić information content (AvgIpc) is 3.11. The third kappa shape index (κ3) is 5.03. The minimum absolute atomic E-state index is 0.0866. The maximum atomic E-state index is 12.7. The number of rotatable bonds is 8. The first-order valence-corrected chi connectivity index (χ1v) is 9.70. The van der Waals surface area contributed by atoms with Crippen LogP contribution in [0.5, 0.6) is 0 Å². The summed E-state index contributed by atoms with van der Waals surface area (Å²) in [5.74, 6) is -1.40. The van der Waals surface area contributed by atoms with Gasteiger partial charge in [0.05, 0.1) is 32.2 Å². The largest absolute Gasteiger partial charge is 0.466 e. The first-order chi connectivity index (χ1) is 13.5. The third-order valence-electron chi connectivity index (χ3n) is 5.89. The summed E-state index contributed by atoms with van der Waals surface area (Å²) in [7, 11) is 1.31. The van der Waals surface area contributed by atoms with Gasteiger partial charge in [-0.1, -0.05) is 32.1 Å². The van der Waals surface area contributed by atoms with E-state index in [1.54, 1.807) is 26.0 Å². The lowest BCUT2D eigenvalue weighted by atomic mass is 10.1. The third-order valence-corrected chi connectivity index (χ3v) is 5.89. The molecule has 2 rings (SSSR count). The Balaban J connectivity index is 2.04. The van der Waals surface area contributed by atoms with Crippen molar-refractivity contribution in [1.29, 1.82) is 0 Å². The molecule has 2 aliphatic rings. The summed E-state index contributed by atoms with van der Waals surface area (Å²) in [6.45, 7) is 6.92. The first-order valence-electron chi connectivity index (χ1n) is 9.70. The molecule has 2 N–H and O–H groups in total. The molecule has 0 saturated heterocycles. The van der Waals surface area contributed by atoms with E-state index in [2.05, 4.69) is 0 Å². The molecule has 0 unspecified atom stereocenters. The van der Waals surface area contributed by atoms with Gasteiger partial charge in [0, 0.05) is 11.1 Å². The van der Waals surface area contributed by atoms with E-state index in [1.807, 2.05) is 13.8 Å². The van der Waals surface area contributed by atoms with E-state index >= 15 is 0 Å². The molecule has 0 radical (unpaired) electrons. The van der Waals surface area contributed by atoms with Crippen LogP contribution in [0.15, 0.2) is 34.9 Å². The van der Waals surface area contributed by atoms with Crippen molar-refractivity contribution in [1.82, 2.24) is 0 Å². The van der Waals surface area contributed by atoms with E-state index in [1.165, 1.54) is 13.2 Å². The van der Waals surface area contributed by atoms with Crippen LogP contribution in [0, 0.1) is 17.3 Å². The summed E-state index contributed by atoms with van der Waals surface area (Å²) >= 11 is 0. The maximum absolute atomic E-state index is 12.7. The van der Waals surface area contributed by atoms with Crippen molar-refractivity contribution < 1.29 is 34.1 Å². The number of ketones is 1. The second-order valence-electron chi connectivity index (χ2n) is 8.26. The van der Waals surface area contributed by atoms with Crippen molar-refractivity contribution in [2.45, 2.75) is 52.7 Å². The van der Waals surface area contributed by atoms with Crippen molar-refractivity contribution in [3.8, 4) is 0 Å². The second-order valence-corrected chi connectivity index (χ2v) is 8.26. The van der Waals surface area contributed by atoms with Crippen LogP contribution in [0.1, 0.15) is 40.5 Å². The second kappa shape index (κ2) is 9.05. The van der Waals surface area contributed by atoms with Gasteiger partial charge in [0.15, 0.2) is 5.78 Å². The fourth-order valence-electron chi connectivity index (χ4n) is 3.82. The minimum atomic E-state index is -0.962. The predicted molar refractivity (Wildman–Crippen MR) is 106 cm³/mol. The van der Waals surface area contributed by atoms with E-state index in [0.717, 1.165) is 0 Å². The molecular weight excluding hydrogens is 376 g/mol. The lowest BCUT2D eigenvalue weighted by Crippen LogP contribution is -2.20. The highest BCUT2D eigenvalue weighted by Gasteiger charge is 2.62. The van der Waals surface area contributed by atoms with Gasteiger partial charge in [-0.3, -0.25) is 9.59 Å². The zero-order valence-corrected chi connectivity index (χ0v) is 17.6. The van der Waals surface area contributed by atoms with Crippen LogP contribution in [-0.2, 0) is 23.9 Å². The number of allylic oxidation sites excluding steroid dienone is 3. The number of esters is 2. The Morgan fingerprint density at radius 2 is 2.00 bits per heavy atom. The molecule has 1 saturated carbocycles. The molecule has 7 nitrogen and oxygen atoms in total. The molecule has 0 aromatic rings. The van der Waals surface area contributed by atoms with Crippen LogP contribution in [0.2, 0.25) is 0 Å². The van der Waals surface area contributed by atoms with Crippen LogP contribution >= 0.6 is 0 Å². The van der Waals surface area contributed by atoms with Crippen LogP contribution in [0.25, 0.3) is 0 Å². The number of ether oxygens (including phenoxy) is 2. The number of hydrogen-bond donors (Lipinski definition) is 2. The zero-order valence-electron chi connectivity index (χ0n) is 17.6. The number of carbonyl (C=O) groups is 3. The summed E-state index contributed by atoms with van der Waals surface area (Å²) in [6, 6.07) is 0. The molecular formula is C22H30O7. The molecule has 0 aromatic heterocycles. The van der Waals surface area contributed by atoms with Crippen LogP contribution in [0.4, 0.5) is 0 Å². The first kappa shape index (κ1) is 23.0. The van der Waals surface area contributed by atoms with E-state index in [-0.39, 0.29) is 42.0 Å². The molecule has 160 valence electrons. The molecule has 2 aliphatic carbocycles.